The van der Waals surface area contributed by atoms with E-state index in [2.05, 4.69) is 10.6 Å². The number of likely N-dealkylation sites (tertiary alicyclic amines) is 1. The highest BCUT2D eigenvalue weighted by atomic mass is 32.2. The number of alkyl carbamates (subject to hydrolysis) is 1. The number of carbonyl (C=O) groups is 2. The molecule has 0 aromatic heterocycles. The van der Waals surface area contributed by atoms with Crippen LogP contribution in [0.4, 0.5) is 4.79 Å². The summed E-state index contributed by atoms with van der Waals surface area (Å²) in [6.45, 7) is 12.7. The van der Waals surface area contributed by atoms with Crippen LogP contribution in [0.1, 0.15) is 71.8 Å². The Morgan fingerprint density at radius 2 is 1.62 bits per heavy atom. The third-order valence-electron chi connectivity index (χ3n) is 7.10. The van der Waals surface area contributed by atoms with Crippen molar-refractivity contribution in [2.24, 2.45) is 11.8 Å². The first-order valence-electron chi connectivity index (χ1n) is 14.4. The van der Waals surface area contributed by atoms with Crippen LogP contribution in [0.3, 0.4) is 0 Å². The van der Waals surface area contributed by atoms with E-state index in [1.54, 1.807) is 56.9 Å². The summed E-state index contributed by atoms with van der Waals surface area (Å²) in [5.41, 5.74) is 0.357. The molecule has 40 heavy (non-hydrogen) atoms. The monoisotopic (exact) mass is 583 g/mol. The summed E-state index contributed by atoms with van der Waals surface area (Å²) in [5, 5.41) is 14.5. The van der Waals surface area contributed by atoms with Gasteiger partial charge in [-0.05, 0) is 110 Å². The summed E-state index contributed by atoms with van der Waals surface area (Å²) in [6.07, 6.45) is 5.02. The maximum Gasteiger partial charge on any atom is 0.408 e. The molecular weight excluding hydrogens is 534 g/mol. The highest BCUT2D eigenvalue weighted by Crippen LogP contribution is 2.22. The molecule has 1 aromatic rings. The van der Waals surface area contributed by atoms with E-state index < -0.39 is 27.9 Å². The minimum Gasteiger partial charge on any atom is -0.444 e. The minimum atomic E-state index is -3.75. The van der Waals surface area contributed by atoms with Gasteiger partial charge in [-0.3, -0.25) is 8.98 Å². The topological polar surface area (TPSA) is 134 Å². The van der Waals surface area contributed by atoms with Crippen molar-refractivity contribution in [3.63, 3.8) is 0 Å². The molecule has 2 saturated heterocycles. The van der Waals surface area contributed by atoms with Gasteiger partial charge in [-0.25, -0.2) is 4.79 Å². The van der Waals surface area contributed by atoms with E-state index in [4.69, 9.17) is 14.0 Å². The zero-order valence-corrected chi connectivity index (χ0v) is 25.6. The number of aliphatic hydroxyl groups excluding tert-OH is 1. The number of hydrogen-bond acceptors (Lipinski definition) is 8. The molecule has 0 bridgehead atoms. The summed E-state index contributed by atoms with van der Waals surface area (Å²) >= 11 is 0. The lowest BCUT2D eigenvalue weighted by atomic mass is 9.93. The predicted molar refractivity (Wildman–Crippen MR) is 154 cm³/mol. The van der Waals surface area contributed by atoms with Crippen LogP contribution in [0.25, 0.3) is 0 Å². The van der Waals surface area contributed by atoms with Crippen LogP contribution < -0.4 is 10.6 Å². The fourth-order valence-corrected chi connectivity index (χ4v) is 5.63. The van der Waals surface area contributed by atoms with Crippen LogP contribution in [-0.4, -0.2) is 81.5 Å². The fraction of sp³-hybridized carbons (Fsp3) is 0.724. The predicted octanol–water partition coefficient (Wildman–Crippen LogP) is 3.61. The van der Waals surface area contributed by atoms with Gasteiger partial charge in [-0.1, -0.05) is 17.7 Å². The van der Waals surface area contributed by atoms with Gasteiger partial charge >= 0.3 is 6.09 Å². The molecule has 0 spiro atoms. The SMILES string of the molecule is Cc1ccc(S(=O)(=O)OCCC2CCN(C(=O)[C@H](C)NC(=O)OC(C)(C)C)CC2)cc1.OCCC1CCNCC1. The van der Waals surface area contributed by atoms with E-state index in [0.717, 1.165) is 43.8 Å². The number of piperidine rings is 2. The molecule has 1 aromatic carbocycles. The molecule has 3 N–H and O–H groups in total. The Bertz CT molecular complexity index is 1010. The van der Waals surface area contributed by atoms with Gasteiger partial charge < -0.3 is 25.4 Å². The van der Waals surface area contributed by atoms with Gasteiger partial charge in [-0.2, -0.15) is 8.42 Å². The molecule has 228 valence electrons. The van der Waals surface area contributed by atoms with Crippen molar-refractivity contribution >= 4 is 22.1 Å². The molecule has 11 heteroatoms. The number of aliphatic hydroxyl groups is 1. The highest BCUT2D eigenvalue weighted by Gasteiger charge is 2.28. The fourth-order valence-electron chi connectivity index (χ4n) is 4.71. The second-order valence-electron chi connectivity index (χ2n) is 11.7. The van der Waals surface area contributed by atoms with Crippen molar-refractivity contribution < 1.29 is 32.0 Å². The quantitative estimate of drug-likeness (QED) is 0.376. The van der Waals surface area contributed by atoms with Crippen LogP contribution in [0.15, 0.2) is 29.2 Å². The first kappa shape index (κ1) is 34.0. The Morgan fingerprint density at radius 3 is 2.17 bits per heavy atom. The minimum absolute atomic E-state index is 0.116. The molecule has 2 amide bonds. The number of aryl methyl sites for hydroxylation is 1. The molecule has 0 saturated carbocycles. The van der Waals surface area contributed by atoms with Crippen molar-refractivity contribution in [3.8, 4) is 0 Å². The summed E-state index contributed by atoms with van der Waals surface area (Å²) in [7, 11) is -3.75. The zero-order valence-electron chi connectivity index (χ0n) is 24.8. The summed E-state index contributed by atoms with van der Waals surface area (Å²) in [5.74, 6) is 0.921. The zero-order chi connectivity index (χ0) is 29.8. The average molecular weight is 584 g/mol. The van der Waals surface area contributed by atoms with Crippen molar-refractivity contribution in [1.82, 2.24) is 15.5 Å². The van der Waals surface area contributed by atoms with E-state index in [1.807, 2.05) is 6.92 Å². The Hall–Kier alpha value is -2.21. The van der Waals surface area contributed by atoms with E-state index in [9.17, 15) is 18.0 Å². The van der Waals surface area contributed by atoms with Gasteiger partial charge in [0.25, 0.3) is 10.1 Å². The molecule has 2 aliphatic rings. The second kappa shape index (κ2) is 16.3. The van der Waals surface area contributed by atoms with E-state index in [-0.39, 0.29) is 23.3 Å². The molecule has 10 nitrogen and oxygen atoms in total. The van der Waals surface area contributed by atoms with Crippen molar-refractivity contribution in [1.29, 1.82) is 0 Å². The molecule has 0 radical (unpaired) electrons. The van der Waals surface area contributed by atoms with Crippen molar-refractivity contribution in [3.05, 3.63) is 29.8 Å². The third-order valence-corrected chi connectivity index (χ3v) is 8.43. The molecule has 2 fully saturated rings. The van der Waals surface area contributed by atoms with Gasteiger partial charge in [0.2, 0.25) is 5.91 Å². The molecule has 0 unspecified atom stereocenters. The summed E-state index contributed by atoms with van der Waals surface area (Å²) in [4.78, 5) is 26.3. The van der Waals surface area contributed by atoms with Gasteiger partial charge in [0, 0.05) is 19.7 Å². The Kier molecular flexibility index (Phi) is 13.8. The molecular formula is C29H49N3O7S. The first-order chi connectivity index (χ1) is 18.8. The number of rotatable bonds is 9. The smallest absolute Gasteiger partial charge is 0.408 e. The van der Waals surface area contributed by atoms with Crippen LogP contribution in [-0.2, 0) is 23.8 Å². The number of benzene rings is 1. The second-order valence-corrected chi connectivity index (χ2v) is 13.3. The molecule has 2 heterocycles. The average Bonchev–Trinajstić information content (AvgIpc) is 2.89. The number of amides is 2. The van der Waals surface area contributed by atoms with Crippen molar-refractivity contribution in [2.75, 3.05) is 39.4 Å². The van der Waals surface area contributed by atoms with Crippen LogP contribution in [0.5, 0.6) is 0 Å². The van der Waals surface area contributed by atoms with E-state index in [1.165, 1.54) is 12.8 Å². The third kappa shape index (κ3) is 12.5. The molecule has 3 rings (SSSR count). The van der Waals surface area contributed by atoms with Crippen molar-refractivity contribution in [2.45, 2.75) is 89.7 Å². The van der Waals surface area contributed by atoms with Gasteiger partial charge in [0.15, 0.2) is 0 Å². The van der Waals surface area contributed by atoms with Gasteiger partial charge in [0.1, 0.15) is 11.6 Å². The highest BCUT2D eigenvalue weighted by molar-refractivity contribution is 7.86. The molecule has 1 atom stereocenters. The normalized spacial score (nSPS) is 17.9. The summed E-state index contributed by atoms with van der Waals surface area (Å²) < 4.78 is 34.9. The lowest BCUT2D eigenvalue weighted by Gasteiger charge is -2.33. The summed E-state index contributed by atoms with van der Waals surface area (Å²) in [6, 6.07) is 5.89. The maximum absolute atomic E-state index is 12.6. The first-order valence-corrected chi connectivity index (χ1v) is 15.8. The number of nitrogens with one attached hydrogen (secondary N) is 2. The van der Waals surface area contributed by atoms with Crippen LogP contribution >= 0.6 is 0 Å². The van der Waals surface area contributed by atoms with E-state index in [0.29, 0.717) is 26.1 Å². The number of carbonyl (C=O) groups excluding carboxylic acids is 2. The molecule has 0 aliphatic carbocycles. The standard InChI is InChI=1S/C22H34N2O6S.C7H15NO/c1-16-6-8-19(9-7-16)31(27,28)29-15-12-18-10-13-24(14-11-18)20(25)17(2)23-21(26)30-22(3,4)5;9-6-3-7-1-4-8-5-2-7/h6-9,17-18H,10-15H2,1-5H3,(H,23,26);7-9H,1-6H2/t17-;/m0./s1. The lowest BCUT2D eigenvalue weighted by Crippen LogP contribution is -2.50. The van der Waals surface area contributed by atoms with Crippen LogP contribution in [0.2, 0.25) is 0 Å². The van der Waals surface area contributed by atoms with Crippen LogP contribution in [0, 0.1) is 18.8 Å². The maximum atomic E-state index is 12.6. The van der Waals surface area contributed by atoms with Gasteiger partial charge in [-0.15, -0.1) is 0 Å². The molecule has 2 aliphatic heterocycles. The Balaban J connectivity index is 0.000000526. The number of ether oxygens (including phenoxy) is 1. The van der Waals surface area contributed by atoms with E-state index >= 15 is 0 Å². The number of nitrogens with zero attached hydrogens (tertiary/aromatic N) is 1. The lowest BCUT2D eigenvalue weighted by molar-refractivity contribution is -0.134. The number of hydrogen-bond donors (Lipinski definition) is 3. The Labute approximate surface area is 240 Å². The Morgan fingerprint density at radius 1 is 1.05 bits per heavy atom. The largest absolute Gasteiger partial charge is 0.444 e. The van der Waals surface area contributed by atoms with Gasteiger partial charge in [0.05, 0.1) is 11.5 Å².